The van der Waals surface area contributed by atoms with E-state index < -0.39 is 0 Å². The lowest BCUT2D eigenvalue weighted by molar-refractivity contribution is -0.117. The quantitative estimate of drug-likeness (QED) is 0.804. The molecule has 0 aromatic heterocycles. The third-order valence-electron chi connectivity index (χ3n) is 2.03. The highest BCUT2D eigenvalue weighted by Gasteiger charge is 2.05. The van der Waals surface area contributed by atoms with Gasteiger partial charge in [0.1, 0.15) is 0 Å². The van der Waals surface area contributed by atoms with Gasteiger partial charge in [0.25, 0.3) is 0 Å². The van der Waals surface area contributed by atoms with Gasteiger partial charge in [0, 0.05) is 16.6 Å². The van der Waals surface area contributed by atoms with E-state index in [2.05, 4.69) is 5.32 Å². The molecule has 0 fully saturated rings. The average Bonchev–Trinajstić information content (AvgIpc) is 2.20. The van der Waals surface area contributed by atoms with Gasteiger partial charge < -0.3 is 5.32 Å². The number of hydrogen-bond donors (Lipinski definition) is 1. The fraction of sp³-hybridized carbons (Fsp3) is 0.308. The molecule has 0 aliphatic carbocycles. The normalized spacial score (nSPS) is 11.7. The fourth-order valence-corrected chi connectivity index (χ4v) is 1.38. The van der Waals surface area contributed by atoms with Gasteiger partial charge in [-0.25, -0.2) is 0 Å². The summed E-state index contributed by atoms with van der Waals surface area (Å²) in [5.41, 5.74) is 1.66. The molecule has 16 heavy (non-hydrogen) atoms. The molecule has 0 radical (unpaired) electrons. The molecule has 0 saturated heterocycles. The molecule has 1 aromatic rings. The van der Waals surface area contributed by atoms with Crippen LogP contribution in [0.3, 0.4) is 0 Å². The Morgan fingerprint density at radius 3 is 2.38 bits per heavy atom. The Morgan fingerprint density at radius 1 is 1.31 bits per heavy atom. The van der Waals surface area contributed by atoms with Crippen LogP contribution in [0.4, 0.5) is 0 Å². The molecule has 0 unspecified atom stereocenters. The Labute approximate surface area is 101 Å². The van der Waals surface area contributed by atoms with E-state index in [9.17, 15) is 4.79 Å². The number of amides is 1. The standard InChI is InChI=1S/C13H16ClNO/c1-9(2)15-13(16)10(3)8-11-4-6-12(14)7-5-11/h4-9H,1-3H3,(H,15,16)/b10-8+. The third kappa shape index (κ3) is 4.07. The van der Waals surface area contributed by atoms with E-state index in [1.54, 1.807) is 19.1 Å². The van der Waals surface area contributed by atoms with E-state index in [4.69, 9.17) is 11.6 Å². The molecular weight excluding hydrogens is 222 g/mol. The van der Waals surface area contributed by atoms with Crippen LogP contribution in [0.15, 0.2) is 29.8 Å². The molecule has 86 valence electrons. The molecule has 0 spiro atoms. The van der Waals surface area contributed by atoms with E-state index in [0.29, 0.717) is 10.6 Å². The van der Waals surface area contributed by atoms with Crippen molar-refractivity contribution in [1.82, 2.24) is 5.32 Å². The zero-order valence-corrected chi connectivity index (χ0v) is 10.5. The number of carbonyl (C=O) groups excluding carboxylic acids is 1. The van der Waals surface area contributed by atoms with E-state index in [1.165, 1.54) is 0 Å². The van der Waals surface area contributed by atoms with Crippen molar-refractivity contribution in [1.29, 1.82) is 0 Å². The summed E-state index contributed by atoms with van der Waals surface area (Å²) in [5.74, 6) is -0.0371. The molecule has 0 aliphatic rings. The number of hydrogen-bond acceptors (Lipinski definition) is 1. The predicted octanol–water partition coefficient (Wildman–Crippen LogP) is 3.27. The summed E-state index contributed by atoms with van der Waals surface area (Å²) in [6.45, 7) is 5.67. The molecule has 2 nitrogen and oxygen atoms in total. The summed E-state index contributed by atoms with van der Waals surface area (Å²) in [6, 6.07) is 7.53. The topological polar surface area (TPSA) is 29.1 Å². The number of carbonyl (C=O) groups is 1. The van der Waals surface area contributed by atoms with Crippen LogP contribution in [-0.4, -0.2) is 11.9 Å². The Bertz CT molecular complexity index is 393. The second-order valence-corrected chi connectivity index (χ2v) is 4.44. The van der Waals surface area contributed by atoms with Crippen LogP contribution in [0.2, 0.25) is 5.02 Å². The Kier molecular flexibility index (Phi) is 4.56. The molecule has 3 heteroatoms. The Balaban J connectivity index is 2.76. The maximum absolute atomic E-state index is 11.6. The highest BCUT2D eigenvalue weighted by atomic mass is 35.5. The first-order valence-corrected chi connectivity index (χ1v) is 5.61. The van der Waals surface area contributed by atoms with Gasteiger partial charge in [0.05, 0.1) is 0 Å². The van der Waals surface area contributed by atoms with Gasteiger partial charge in [-0.2, -0.15) is 0 Å². The van der Waals surface area contributed by atoms with E-state index in [1.807, 2.05) is 32.1 Å². The van der Waals surface area contributed by atoms with Crippen molar-refractivity contribution < 1.29 is 4.79 Å². The number of benzene rings is 1. The van der Waals surface area contributed by atoms with Crippen molar-refractivity contribution in [3.05, 3.63) is 40.4 Å². The third-order valence-corrected chi connectivity index (χ3v) is 2.28. The van der Waals surface area contributed by atoms with Crippen molar-refractivity contribution in [3.63, 3.8) is 0 Å². The second kappa shape index (κ2) is 5.71. The van der Waals surface area contributed by atoms with Crippen LogP contribution in [0.1, 0.15) is 26.3 Å². The lowest BCUT2D eigenvalue weighted by atomic mass is 10.1. The van der Waals surface area contributed by atoms with Crippen molar-refractivity contribution >= 4 is 23.6 Å². The first kappa shape index (κ1) is 12.8. The van der Waals surface area contributed by atoms with E-state index >= 15 is 0 Å². The first-order chi connectivity index (χ1) is 7.49. The molecule has 0 heterocycles. The van der Waals surface area contributed by atoms with Crippen LogP contribution >= 0.6 is 11.6 Å². The summed E-state index contributed by atoms with van der Waals surface area (Å²) in [7, 11) is 0. The van der Waals surface area contributed by atoms with Gasteiger partial charge in [-0.3, -0.25) is 4.79 Å². The lowest BCUT2D eigenvalue weighted by Crippen LogP contribution is -2.30. The Morgan fingerprint density at radius 2 is 1.88 bits per heavy atom. The molecule has 0 bridgehead atoms. The van der Waals surface area contributed by atoms with Gasteiger partial charge in [-0.1, -0.05) is 23.7 Å². The molecule has 0 atom stereocenters. The van der Waals surface area contributed by atoms with Gasteiger partial charge in [0.2, 0.25) is 5.91 Å². The smallest absolute Gasteiger partial charge is 0.247 e. The zero-order valence-electron chi connectivity index (χ0n) is 9.75. The van der Waals surface area contributed by atoms with Crippen molar-refractivity contribution in [3.8, 4) is 0 Å². The minimum atomic E-state index is -0.0371. The lowest BCUT2D eigenvalue weighted by Gasteiger charge is -2.08. The molecule has 1 aromatic carbocycles. The summed E-state index contributed by atoms with van der Waals surface area (Å²) in [4.78, 5) is 11.6. The van der Waals surface area contributed by atoms with Crippen LogP contribution in [0.5, 0.6) is 0 Å². The molecular formula is C13H16ClNO. The predicted molar refractivity (Wildman–Crippen MR) is 68.4 cm³/mol. The van der Waals surface area contributed by atoms with Crippen molar-refractivity contribution in [2.24, 2.45) is 0 Å². The van der Waals surface area contributed by atoms with E-state index in [0.717, 1.165) is 5.56 Å². The van der Waals surface area contributed by atoms with Gasteiger partial charge in [-0.15, -0.1) is 0 Å². The molecule has 1 amide bonds. The molecule has 0 aliphatic heterocycles. The minimum absolute atomic E-state index is 0.0371. The fourth-order valence-electron chi connectivity index (χ4n) is 1.25. The summed E-state index contributed by atoms with van der Waals surface area (Å²) < 4.78 is 0. The number of rotatable bonds is 3. The average molecular weight is 238 g/mol. The minimum Gasteiger partial charge on any atom is -0.350 e. The maximum atomic E-state index is 11.6. The molecule has 1 N–H and O–H groups in total. The van der Waals surface area contributed by atoms with Crippen molar-refractivity contribution in [2.45, 2.75) is 26.8 Å². The molecule has 0 saturated carbocycles. The SMILES string of the molecule is C/C(=C\c1ccc(Cl)cc1)C(=O)NC(C)C. The summed E-state index contributed by atoms with van der Waals surface area (Å²) in [6.07, 6.45) is 1.84. The van der Waals surface area contributed by atoms with Gasteiger partial charge in [-0.05, 0) is 44.5 Å². The largest absolute Gasteiger partial charge is 0.350 e. The maximum Gasteiger partial charge on any atom is 0.247 e. The van der Waals surface area contributed by atoms with E-state index in [-0.39, 0.29) is 11.9 Å². The van der Waals surface area contributed by atoms with Crippen molar-refractivity contribution in [2.75, 3.05) is 0 Å². The number of nitrogens with one attached hydrogen (secondary N) is 1. The summed E-state index contributed by atoms with van der Waals surface area (Å²) >= 11 is 5.78. The monoisotopic (exact) mass is 237 g/mol. The highest BCUT2D eigenvalue weighted by Crippen LogP contribution is 2.12. The summed E-state index contributed by atoms with van der Waals surface area (Å²) in [5, 5.41) is 3.54. The molecule has 1 rings (SSSR count). The first-order valence-electron chi connectivity index (χ1n) is 5.24. The van der Waals surface area contributed by atoms with Gasteiger partial charge >= 0.3 is 0 Å². The van der Waals surface area contributed by atoms with Gasteiger partial charge in [0.15, 0.2) is 0 Å². The van der Waals surface area contributed by atoms with Crippen LogP contribution in [-0.2, 0) is 4.79 Å². The zero-order chi connectivity index (χ0) is 12.1. The second-order valence-electron chi connectivity index (χ2n) is 4.01. The number of halogens is 1. The van der Waals surface area contributed by atoms with Crippen LogP contribution in [0, 0.1) is 0 Å². The van der Waals surface area contributed by atoms with Crippen LogP contribution < -0.4 is 5.32 Å². The Hall–Kier alpha value is -1.28. The highest BCUT2D eigenvalue weighted by molar-refractivity contribution is 6.30. The van der Waals surface area contributed by atoms with Crippen LogP contribution in [0.25, 0.3) is 6.08 Å².